The summed E-state index contributed by atoms with van der Waals surface area (Å²) in [5, 5.41) is 0. The fraction of sp³-hybridized carbons (Fsp3) is 0.167. The Morgan fingerprint density at radius 1 is 1.18 bits per heavy atom. The molecule has 0 aliphatic heterocycles. The van der Waals surface area contributed by atoms with Crippen molar-refractivity contribution in [1.82, 2.24) is 0 Å². The lowest BCUT2D eigenvalue weighted by Gasteiger charge is -2.06. The quantitative estimate of drug-likeness (QED) is 0.558. The van der Waals surface area contributed by atoms with Crippen LogP contribution in [0.1, 0.15) is 12.5 Å². The zero-order valence-electron chi connectivity index (χ0n) is 12.3. The summed E-state index contributed by atoms with van der Waals surface area (Å²) in [6, 6.07) is 13.3. The molecule has 0 saturated heterocycles. The van der Waals surface area contributed by atoms with Gasteiger partial charge in [0.1, 0.15) is 18.1 Å². The van der Waals surface area contributed by atoms with Crippen molar-refractivity contribution >= 4 is 27.8 Å². The number of hydrogen-bond donors (Lipinski definition) is 0. The van der Waals surface area contributed by atoms with Gasteiger partial charge < -0.3 is 9.47 Å². The molecule has 112 valence electrons. The molecule has 2 aromatic carbocycles. The van der Waals surface area contributed by atoms with Gasteiger partial charge in [-0.3, -0.25) is 4.99 Å². The summed E-state index contributed by atoms with van der Waals surface area (Å²) in [5.41, 5.74) is 1.70. The van der Waals surface area contributed by atoms with Crippen molar-refractivity contribution in [2.45, 2.75) is 6.92 Å². The van der Waals surface area contributed by atoms with Crippen LogP contribution in [0.2, 0.25) is 0 Å². The van der Waals surface area contributed by atoms with E-state index in [1.165, 1.54) is 0 Å². The lowest BCUT2D eigenvalue weighted by atomic mass is 10.2. The highest BCUT2D eigenvalue weighted by Crippen LogP contribution is 2.23. The molecule has 0 N–H and O–H groups in total. The molecule has 0 aromatic heterocycles. The maximum atomic E-state index is 5.51. The number of rotatable bonds is 6. The molecule has 0 spiro atoms. The summed E-state index contributed by atoms with van der Waals surface area (Å²) in [6.45, 7) is 2.83. The number of terminal acetylenes is 1. The Balaban J connectivity index is 2.18. The molecule has 2 rings (SSSR count). The van der Waals surface area contributed by atoms with Crippen LogP contribution in [-0.2, 0) is 0 Å². The van der Waals surface area contributed by atoms with Gasteiger partial charge in [0.25, 0.3) is 0 Å². The lowest BCUT2D eigenvalue weighted by Crippen LogP contribution is -1.97. The van der Waals surface area contributed by atoms with E-state index in [-0.39, 0.29) is 6.61 Å². The molecule has 4 heteroatoms. The highest BCUT2D eigenvalue weighted by molar-refractivity contribution is 9.10. The van der Waals surface area contributed by atoms with Crippen molar-refractivity contribution in [2.24, 2.45) is 4.99 Å². The van der Waals surface area contributed by atoms with Crippen LogP contribution >= 0.6 is 15.9 Å². The summed E-state index contributed by atoms with van der Waals surface area (Å²) >= 11 is 3.44. The second-order valence-corrected chi connectivity index (χ2v) is 5.28. The largest absolute Gasteiger partial charge is 0.494 e. The molecule has 0 radical (unpaired) electrons. The van der Waals surface area contributed by atoms with E-state index in [0.717, 1.165) is 21.5 Å². The summed E-state index contributed by atoms with van der Waals surface area (Å²) < 4.78 is 11.9. The third-order valence-electron chi connectivity index (χ3n) is 2.78. The molecular formula is C18H16BrNO2. The molecule has 0 unspecified atom stereocenters. The Labute approximate surface area is 139 Å². The van der Waals surface area contributed by atoms with Crippen molar-refractivity contribution in [1.29, 1.82) is 0 Å². The van der Waals surface area contributed by atoms with Gasteiger partial charge in [0.15, 0.2) is 0 Å². The van der Waals surface area contributed by atoms with E-state index in [4.69, 9.17) is 15.9 Å². The first kappa shape index (κ1) is 16.1. The topological polar surface area (TPSA) is 30.8 Å². The predicted molar refractivity (Wildman–Crippen MR) is 93.3 cm³/mol. The van der Waals surface area contributed by atoms with Gasteiger partial charge in [-0.05, 0) is 49.4 Å². The van der Waals surface area contributed by atoms with E-state index in [1.54, 1.807) is 6.21 Å². The SMILES string of the molecule is C#CCOc1ccc(Br)cc1C=Nc1ccc(OCC)cc1. The Hall–Kier alpha value is -2.25. The average Bonchev–Trinajstić information content (AvgIpc) is 2.53. The minimum atomic E-state index is 0.228. The van der Waals surface area contributed by atoms with Crippen LogP contribution in [0.5, 0.6) is 11.5 Å². The zero-order chi connectivity index (χ0) is 15.8. The van der Waals surface area contributed by atoms with E-state index in [9.17, 15) is 0 Å². The number of ether oxygens (including phenoxy) is 2. The molecule has 0 saturated carbocycles. The van der Waals surface area contributed by atoms with Crippen molar-refractivity contribution in [2.75, 3.05) is 13.2 Å². The first-order valence-corrected chi connectivity index (χ1v) is 7.65. The van der Waals surface area contributed by atoms with Crippen LogP contribution in [0.15, 0.2) is 51.9 Å². The summed E-state index contributed by atoms with van der Waals surface area (Å²) in [5.74, 6) is 4.00. The second kappa shape index (κ2) is 8.26. The predicted octanol–water partition coefficient (Wildman–Crippen LogP) is 4.61. The molecule has 0 atom stereocenters. The van der Waals surface area contributed by atoms with E-state index in [0.29, 0.717) is 12.4 Å². The molecule has 0 fully saturated rings. The van der Waals surface area contributed by atoms with Crippen LogP contribution in [-0.4, -0.2) is 19.4 Å². The van der Waals surface area contributed by atoms with Gasteiger partial charge in [-0.2, -0.15) is 0 Å². The van der Waals surface area contributed by atoms with Gasteiger partial charge in [0, 0.05) is 16.3 Å². The van der Waals surface area contributed by atoms with Gasteiger partial charge in [-0.15, -0.1) is 6.42 Å². The van der Waals surface area contributed by atoms with Crippen LogP contribution < -0.4 is 9.47 Å². The maximum absolute atomic E-state index is 5.51. The van der Waals surface area contributed by atoms with Crippen molar-refractivity contribution in [3.8, 4) is 23.8 Å². The standard InChI is InChI=1S/C18H16BrNO2/c1-3-11-22-18-10-5-15(19)12-14(18)13-20-16-6-8-17(9-7-16)21-4-2/h1,5-10,12-13H,4,11H2,2H3. The number of nitrogens with zero attached hydrogens (tertiary/aromatic N) is 1. The molecule has 0 amide bonds. The monoisotopic (exact) mass is 357 g/mol. The molecule has 0 bridgehead atoms. The third kappa shape index (κ3) is 4.64. The maximum Gasteiger partial charge on any atom is 0.148 e. The Morgan fingerprint density at radius 3 is 2.64 bits per heavy atom. The van der Waals surface area contributed by atoms with Crippen molar-refractivity contribution in [3.05, 3.63) is 52.5 Å². The molecule has 0 aliphatic rings. The van der Waals surface area contributed by atoms with Crippen LogP contribution in [0.4, 0.5) is 5.69 Å². The molecule has 22 heavy (non-hydrogen) atoms. The lowest BCUT2D eigenvalue weighted by molar-refractivity contribution is 0.340. The fourth-order valence-electron chi connectivity index (χ4n) is 1.81. The van der Waals surface area contributed by atoms with Crippen molar-refractivity contribution < 1.29 is 9.47 Å². The van der Waals surface area contributed by atoms with E-state index >= 15 is 0 Å². The minimum absolute atomic E-state index is 0.228. The Bertz CT molecular complexity index is 687. The zero-order valence-corrected chi connectivity index (χ0v) is 13.8. The molecule has 0 heterocycles. The van der Waals surface area contributed by atoms with Crippen molar-refractivity contribution in [3.63, 3.8) is 0 Å². The number of aliphatic imine (C=N–C) groups is 1. The van der Waals surface area contributed by atoms with E-state index in [1.807, 2.05) is 49.4 Å². The smallest absolute Gasteiger partial charge is 0.148 e. The molecule has 3 nitrogen and oxygen atoms in total. The first-order chi connectivity index (χ1) is 10.7. The Morgan fingerprint density at radius 2 is 1.95 bits per heavy atom. The van der Waals surface area contributed by atoms with Gasteiger partial charge in [0.2, 0.25) is 0 Å². The minimum Gasteiger partial charge on any atom is -0.494 e. The second-order valence-electron chi connectivity index (χ2n) is 4.36. The van der Waals surface area contributed by atoms with E-state index < -0.39 is 0 Å². The average molecular weight is 358 g/mol. The van der Waals surface area contributed by atoms with Gasteiger partial charge in [-0.25, -0.2) is 0 Å². The van der Waals surface area contributed by atoms with Crippen LogP contribution in [0.25, 0.3) is 0 Å². The Kier molecular flexibility index (Phi) is 6.05. The first-order valence-electron chi connectivity index (χ1n) is 6.85. The number of hydrogen-bond acceptors (Lipinski definition) is 3. The van der Waals surface area contributed by atoms with Crippen LogP contribution in [0.3, 0.4) is 0 Å². The third-order valence-corrected chi connectivity index (χ3v) is 3.28. The van der Waals surface area contributed by atoms with Gasteiger partial charge >= 0.3 is 0 Å². The van der Waals surface area contributed by atoms with Gasteiger partial charge in [0.05, 0.1) is 12.3 Å². The highest BCUT2D eigenvalue weighted by atomic mass is 79.9. The molecule has 2 aromatic rings. The summed E-state index contributed by atoms with van der Waals surface area (Å²) in [6.07, 6.45) is 6.99. The van der Waals surface area contributed by atoms with Crippen LogP contribution in [0, 0.1) is 12.3 Å². The molecular weight excluding hydrogens is 342 g/mol. The number of benzene rings is 2. The van der Waals surface area contributed by atoms with E-state index in [2.05, 4.69) is 26.8 Å². The van der Waals surface area contributed by atoms with Gasteiger partial charge in [-0.1, -0.05) is 21.9 Å². The summed E-state index contributed by atoms with van der Waals surface area (Å²) in [4.78, 5) is 4.45. The molecule has 0 aliphatic carbocycles. The summed E-state index contributed by atoms with van der Waals surface area (Å²) in [7, 11) is 0. The highest BCUT2D eigenvalue weighted by Gasteiger charge is 2.02. The fourth-order valence-corrected chi connectivity index (χ4v) is 2.19. The number of halogens is 1. The normalized spacial score (nSPS) is 10.4.